The summed E-state index contributed by atoms with van der Waals surface area (Å²) >= 11 is 0. The van der Waals surface area contributed by atoms with Crippen LogP contribution in [0.2, 0.25) is 0 Å². The van der Waals surface area contributed by atoms with Crippen molar-refractivity contribution in [1.82, 2.24) is 15.2 Å². The number of amides is 2. The van der Waals surface area contributed by atoms with Crippen LogP contribution in [-0.2, 0) is 16.1 Å². The highest BCUT2D eigenvalue weighted by Gasteiger charge is 2.19. The van der Waals surface area contributed by atoms with Gasteiger partial charge in [-0.05, 0) is 49.1 Å². The number of pyridine rings is 1. The molecule has 2 aromatic rings. The Morgan fingerprint density at radius 3 is 2.64 bits per heavy atom. The highest BCUT2D eigenvalue weighted by atomic mass is 16.5. The molecule has 33 heavy (non-hydrogen) atoms. The number of anilines is 2. The molecule has 1 aromatic carbocycles. The van der Waals surface area contributed by atoms with Crippen molar-refractivity contribution in [2.24, 2.45) is 0 Å². The SMILES string of the molecule is O=C(CCN1CCOCC1)Nc1cccc(CNC(=O)c2cccnc2N2CCCCC2)c1. The number of morpholine rings is 1. The van der Waals surface area contributed by atoms with Crippen LogP contribution < -0.4 is 15.5 Å². The summed E-state index contributed by atoms with van der Waals surface area (Å²) in [7, 11) is 0. The van der Waals surface area contributed by atoms with E-state index in [0.717, 1.165) is 75.8 Å². The van der Waals surface area contributed by atoms with Gasteiger partial charge in [-0.2, -0.15) is 0 Å². The molecule has 2 saturated heterocycles. The third-order valence-corrected chi connectivity index (χ3v) is 6.11. The average Bonchev–Trinajstić information content (AvgIpc) is 2.87. The van der Waals surface area contributed by atoms with Crippen LogP contribution in [0.15, 0.2) is 42.6 Å². The topological polar surface area (TPSA) is 86.8 Å². The first-order chi connectivity index (χ1) is 16.2. The summed E-state index contributed by atoms with van der Waals surface area (Å²) in [5.41, 5.74) is 2.27. The van der Waals surface area contributed by atoms with Crippen molar-refractivity contribution in [3.8, 4) is 0 Å². The van der Waals surface area contributed by atoms with Crippen LogP contribution >= 0.6 is 0 Å². The number of carbonyl (C=O) groups excluding carboxylic acids is 2. The molecule has 176 valence electrons. The van der Waals surface area contributed by atoms with E-state index in [9.17, 15) is 9.59 Å². The largest absolute Gasteiger partial charge is 0.379 e. The molecule has 0 radical (unpaired) electrons. The molecule has 8 heteroatoms. The predicted molar refractivity (Wildman–Crippen MR) is 128 cm³/mol. The van der Waals surface area contributed by atoms with Crippen molar-refractivity contribution < 1.29 is 14.3 Å². The number of aromatic nitrogens is 1. The zero-order chi connectivity index (χ0) is 22.9. The summed E-state index contributed by atoms with van der Waals surface area (Å²) in [5, 5.41) is 5.97. The lowest BCUT2D eigenvalue weighted by molar-refractivity contribution is -0.116. The normalized spacial score (nSPS) is 16.9. The van der Waals surface area contributed by atoms with Gasteiger partial charge in [0.2, 0.25) is 5.91 Å². The fraction of sp³-hybridized carbons (Fsp3) is 0.480. The Morgan fingerprint density at radius 1 is 1.00 bits per heavy atom. The molecule has 0 atom stereocenters. The zero-order valence-electron chi connectivity index (χ0n) is 19.1. The standard InChI is InChI=1S/C25H33N5O3/c31-23(9-13-29-14-16-33-17-15-29)28-21-7-4-6-20(18-21)19-27-25(32)22-8-5-10-26-24(22)30-11-2-1-3-12-30/h4-8,10,18H,1-3,9,11-17,19H2,(H,27,32)(H,28,31). The van der Waals surface area contributed by atoms with Gasteiger partial charge in [0, 0.05) is 57.6 Å². The van der Waals surface area contributed by atoms with Gasteiger partial charge in [0.25, 0.3) is 5.91 Å². The molecule has 2 amide bonds. The molecule has 2 aliphatic rings. The Hall–Kier alpha value is -2.97. The average molecular weight is 452 g/mol. The number of nitrogens with one attached hydrogen (secondary N) is 2. The molecule has 2 fully saturated rings. The number of piperidine rings is 1. The molecule has 2 aliphatic heterocycles. The second-order valence-electron chi connectivity index (χ2n) is 8.56. The molecule has 0 unspecified atom stereocenters. The molecule has 0 saturated carbocycles. The monoisotopic (exact) mass is 451 g/mol. The summed E-state index contributed by atoms with van der Waals surface area (Å²) in [6.45, 7) is 6.19. The van der Waals surface area contributed by atoms with Crippen molar-refractivity contribution in [1.29, 1.82) is 0 Å². The van der Waals surface area contributed by atoms with Crippen LogP contribution in [0, 0.1) is 0 Å². The first kappa shape index (κ1) is 23.2. The molecule has 1 aromatic heterocycles. The lowest BCUT2D eigenvalue weighted by Gasteiger charge is -2.29. The number of benzene rings is 1. The molecule has 3 heterocycles. The Kier molecular flexibility index (Phi) is 8.27. The summed E-state index contributed by atoms with van der Waals surface area (Å²) in [6.07, 6.45) is 5.67. The zero-order valence-corrected chi connectivity index (χ0v) is 19.1. The van der Waals surface area contributed by atoms with Gasteiger partial charge in [0.1, 0.15) is 5.82 Å². The summed E-state index contributed by atoms with van der Waals surface area (Å²) in [6, 6.07) is 11.2. The van der Waals surface area contributed by atoms with E-state index in [2.05, 4.69) is 25.4 Å². The molecular weight excluding hydrogens is 418 g/mol. The third kappa shape index (κ3) is 6.76. The second kappa shape index (κ2) is 11.8. The van der Waals surface area contributed by atoms with Crippen LogP contribution in [0.1, 0.15) is 41.6 Å². The van der Waals surface area contributed by atoms with Crippen LogP contribution in [0.25, 0.3) is 0 Å². The minimum atomic E-state index is -0.136. The predicted octanol–water partition coefficient (Wildman–Crippen LogP) is 2.66. The lowest BCUT2D eigenvalue weighted by Crippen LogP contribution is -2.38. The smallest absolute Gasteiger partial charge is 0.255 e. The van der Waals surface area contributed by atoms with E-state index in [0.29, 0.717) is 18.5 Å². The summed E-state index contributed by atoms with van der Waals surface area (Å²) in [5.74, 6) is 0.615. The molecular formula is C25H33N5O3. The second-order valence-corrected chi connectivity index (χ2v) is 8.56. The molecule has 8 nitrogen and oxygen atoms in total. The molecule has 0 bridgehead atoms. The fourth-order valence-corrected chi connectivity index (χ4v) is 4.28. The van der Waals surface area contributed by atoms with Gasteiger partial charge < -0.3 is 20.3 Å². The van der Waals surface area contributed by atoms with E-state index < -0.39 is 0 Å². The van der Waals surface area contributed by atoms with Crippen molar-refractivity contribution >= 4 is 23.3 Å². The number of hydrogen-bond acceptors (Lipinski definition) is 6. The van der Waals surface area contributed by atoms with Gasteiger partial charge in [-0.25, -0.2) is 4.98 Å². The molecule has 2 N–H and O–H groups in total. The highest BCUT2D eigenvalue weighted by Crippen LogP contribution is 2.21. The lowest BCUT2D eigenvalue weighted by atomic mass is 10.1. The van der Waals surface area contributed by atoms with Crippen molar-refractivity contribution in [2.45, 2.75) is 32.2 Å². The van der Waals surface area contributed by atoms with Crippen LogP contribution in [0.5, 0.6) is 0 Å². The Balaban J connectivity index is 1.30. The maximum absolute atomic E-state index is 12.9. The van der Waals surface area contributed by atoms with Gasteiger partial charge in [0.05, 0.1) is 18.8 Å². The summed E-state index contributed by atoms with van der Waals surface area (Å²) < 4.78 is 5.34. The number of rotatable bonds is 8. The highest BCUT2D eigenvalue weighted by molar-refractivity contribution is 5.99. The van der Waals surface area contributed by atoms with Crippen LogP contribution in [0.3, 0.4) is 0 Å². The minimum absolute atomic E-state index is 0.00999. The molecule has 0 spiro atoms. The first-order valence-corrected chi connectivity index (χ1v) is 11.9. The van der Waals surface area contributed by atoms with Gasteiger partial charge >= 0.3 is 0 Å². The van der Waals surface area contributed by atoms with E-state index in [1.165, 1.54) is 6.42 Å². The number of hydrogen-bond donors (Lipinski definition) is 2. The molecule has 4 rings (SSSR count). The number of nitrogens with zero attached hydrogens (tertiary/aromatic N) is 3. The summed E-state index contributed by atoms with van der Waals surface area (Å²) in [4.78, 5) is 34.2. The quantitative estimate of drug-likeness (QED) is 0.642. The Morgan fingerprint density at radius 2 is 1.82 bits per heavy atom. The Bertz CT molecular complexity index is 939. The van der Waals surface area contributed by atoms with E-state index >= 15 is 0 Å². The fourth-order valence-electron chi connectivity index (χ4n) is 4.28. The van der Waals surface area contributed by atoms with Gasteiger partial charge in [-0.3, -0.25) is 14.5 Å². The van der Waals surface area contributed by atoms with Gasteiger partial charge in [-0.1, -0.05) is 12.1 Å². The maximum Gasteiger partial charge on any atom is 0.255 e. The first-order valence-electron chi connectivity index (χ1n) is 11.9. The maximum atomic E-state index is 12.9. The van der Waals surface area contributed by atoms with E-state index in [4.69, 9.17) is 4.74 Å². The third-order valence-electron chi connectivity index (χ3n) is 6.11. The van der Waals surface area contributed by atoms with Crippen molar-refractivity contribution in [2.75, 3.05) is 56.2 Å². The van der Waals surface area contributed by atoms with Crippen molar-refractivity contribution in [3.05, 3.63) is 53.7 Å². The number of carbonyl (C=O) groups is 2. The van der Waals surface area contributed by atoms with Gasteiger partial charge in [-0.15, -0.1) is 0 Å². The van der Waals surface area contributed by atoms with Gasteiger partial charge in [0.15, 0.2) is 0 Å². The Labute approximate surface area is 195 Å². The van der Waals surface area contributed by atoms with Crippen LogP contribution in [0.4, 0.5) is 11.5 Å². The van der Waals surface area contributed by atoms with Crippen LogP contribution in [-0.4, -0.2) is 67.6 Å². The van der Waals surface area contributed by atoms with E-state index in [1.807, 2.05) is 30.3 Å². The van der Waals surface area contributed by atoms with E-state index in [1.54, 1.807) is 12.3 Å². The van der Waals surface area contributed by atoms with E-state index in [-0.39, 0.29) is 11.8 Å². The number of ether oxygens (including phenoxy) is 1. The minimum Gasteiger partial charge on any atom is -0.379 e. The van der Waals surface area contributed by atoms with Crippen molar-refractivity contribution in [3.63, 3.8) is 0 Å². The molecule has 0 aliphatic carbocycles.